The number of nitrogens with one attached hydrogen (secondary N) is 2. The molecule has 140 valence electrons. The molecule has 1 aromatic rings. The zero-order valence-electron chi connectivity index (χ0n) is 15.1. The molecule has 2 N–H and O–H groups in total. The zero-order chi connectivity index (χ0) is 17.5. The Balaban J connectivity index is 0.00000312. The molecule has 1 aromatic carbocycles. The number of amides is 1. The van der Waals surface area contributed by atoms with Gasteiger partial charge >= 0.3 is 0 Å². The SMILES string of the molecule is CN=C(NCc1ccc(Br)cc1)NC1CCN(C(=O)C(C)C)CC1.I. The van der Waals surface area contributed by atoms with Gasteiger partial charge in [0, 0.05) is 43.1 Å². The average Bonchev–Trinajstić information content (AvgIpc) is 2.59. The largest absolute Gasteiger partial charge is 0.354 e. The topological polar surface area (TPSA) is 56.7 Å². The number of rotatable bonds is 4. The van der Waals surface area contributed by atoms with Crippen LogP contribution in [0.2, 0.25) is 0 Å². The van der Waals surface area contributed by atoms with E-state index in [-0.39, 0.29) is 35.8 Å². The second kappa shape index (κ2) is 11.0. The van der Waals surface area contributed by atoms with E-state index < -0.39 is 0 Å². The predicted molar refractivity (Wildman–Crippen MR) is 117 cm³/mol. The van der Waals surface area contributed by atoms with Crippen molar-refractivity contribution in [2.75, 3.05) is 20.1 Å². The van der Waals surface area contributed by atoms with E-state index in [9.17, 15) is 4.79 Å². The maximum Gasteiger partial charge on any atom is 0.225 e. The lowest BCUT2D eigenvalue weighted by molar-refractivity contribution is -0.135. The minimum absolute atomic E-state index is 0. The third-order valence-corrected chi connectivity index (χ3v) is 4.77. The Morgan fingerprint density at radius 1 is 1.28 bits per heavy atom. The van der Waals surface area contributed by atoms with Gasteiger partial charge in [0.15, 0.2) is 5.96 Å². The highest BCUT2D eigenvalue weighted by molar-refractivity contribution is 14.0. The smallest absolute Gasteiger partial charge is 0.225 e. The van der Waals surface area contributed by atoms with Crippen LogP contribution in [0.15, 0.2) is 33.7 Å². The van der Waals surface area contributed by atoms with Crippen molar-refractivity contribution in [2.24, 2.45) is 10.9 Å². The van der Waals surface area contributed by atoms with Gasteiger partial charge in [0.05, 0.1) is 0 Å². The first kappa shape index (κ1) is 22.2. The Morgan fingerprint density at radius 3 is 2.40 bits per heavy atom. The molecule has 7 heteroatoms. The average molecular weight is 523 g/mol. The van der Waals surface area contributed by atoms with Gasteiger partial charge in [-0.05, 0) is 30.5 Å². The second-order valence-electron chi connectivity index (χ2n) is 6.45. The number of hydrogen-bond donors (Lipinski definition) is 2. The maximum absolute atomic E-state index is 12.0. The molecule has 25 heavy (non-hydrogen) atoms. The molecule has 0 aromatic heterocycles. The summed E-state index contributed by atoms with van der Waals surface area (Å²) in [6.07, 6.45) is 1.91. The number of likely N-dealkylation sites (tertiary alicyclic amines) is 1. The summed E-state index contributed by atoms with van der Waals surface area (Å²) in [5.41, 5.74) is 1.21. The number of aliphatic imine (C=N–C) groups is 1. The number of carbonyl (C=O) groups is 1. The molecular weight excluding hydrogens is 495 g/mol. The summed E-state index contributed by atoms with van der Waals surface area (Å²) in [6, 6.07) is 8.60. The minimum Gasteiger partial charge on any atom is -0.354 e. The molecule has 0 bridgehead atoms. The summed E-state index contributed by atoms with van der Waals surface area (Å²) in [6.45, 7) is 6.29. The van der Waals surface area contributed by atoms with Gasteiger partial charge in [0.1, 0.15) is 0 Å². The lowest BCUT2D eigenvalue weighted by Gasteiger charge is -2.34. The molecule has 1 saturated heterocycles. The molecule has 1 amide bonds. The quantitative estimate of drug-likeness (QED) is 0.362. The summed E-state index contributed by atoms with van der Waals surface area (Å²) in [5, 5.41) is 6.82. The van der Waals surface area contributed by atoms with E-state index in [0.717, 1.165) is 42.9 Å². The number of nitrogens with zero attached hydrogens (tertiary/aromatic N) is 2. The van der Waals surface area contributed by atoms with Crippen LogP contribution in [-0.4, -0.2) is 42.9 Å². The van der Waals surface area contributed by atoms with E-state index in [1.807, 2.05) is 30.9 Å². The monoisotopic (exact) mass is 522 g/mol. The zero-order valence-corrected chi connectivity index (χ0v) is 19.0. The Morgan fingerprint density at radius 2 is 1.88 bits per heavy atom. The van der Waals surface area contributed by atoms with Gasteiger partial charge in [-0.15, -0.1) is 24.0 Å². The first-order chi connectivity index (χ1) is 11.5. The molecule has 0 atom stereocenters. The highest BCUT2D eigenvalue weighted by Gasteiger charge is 2.24. The van der Waals surface area contributed by atoms with E-state index in [2.05, 4.69) is 43.7 Å². The molecule has 0 spiro atoms. The third kappa shape index (κ3) is 7.13. The fraction of sp³-hybridized carbons (Fsp3) is 0.556. The van der Waals surface area contributed by atoms with Crippen LogP contribution in [0.1, 0.15) is 32.3 Å². The van der Waals surface area contributed by atoms with Gasteiger partial charge in [-0.3, -0.25) is 9.79 Å². The van der Waals surface area contributed by atoms with Gasteiger partial charge in [-0.2, -0.15) is 0 Å². The summed E-state index contributed by atoms with van der Waals surface area (Å²) in [4.78, 5) is 18.3. The number of piperidine rings is 1. The Labute approximate surface area is 176 Å². The van der Waals surface area contributed by atoms with Crippen molar-refractivity contribution in [1.82, 2.24) is 15.5 Å². The van der Waals surface area contributed by atoms with Crippen molar-refractivity contribution in [2.45, 2.75) is 39.3 Å². The standard InChI is InChI=1S/C18H27BrN4O.HI/c1-13(2)17(24)23-10-8-16(9-11-23)22-18(20-3)21-12-14-4-6-15(19)7-5-14;/h4-7,13,16H,8-12H2,1-3H3,(H2,20,21,22);1H. The highest BCUT2D eigenvalue weighted by atomic mass is 127. The Bertz CT molecular complexity index is 569. The molecule has 0 radical (unpaired) electrons. The number of halogens is 2. The lowest BCUT2D eigenvalue weighted by Crippen LogP contribution is -2.50. The molecule has 5 nitrogen and oxygen atoms in total. The van der Waals surface area contributed by atoms with Gasteiger partial charge < -0.3 is 15.5 Å². The van der Waals surface area contributed by atoms with Gasteiger partial charge in [-0.25, -0.2) is 0 Å². The van der Waals surface area contributed by atoms with E-state index in [4.69, 9.17) is 0 Å². The van der Waals surface area contributed by atoms with Crippen molar-refractivity contribution in [3.63, 3.8) is 0 Å². The van der Waals surface area contributed by atoms with Gasteiger partial charge in [-0.1, -0.05) is 41.9 Å². The fourth-order valence-corrected chi connectivity index (χ4v) is 3.05. The molecule has 1 aliphatic rings. The third-order valence-electron chi connectivity index (χ3n) is 4.24. The van der Waals surface area contributed by atoms with Crippen LogP contribution < -0.4 is 10.6 Å². The van der Waals surface area contributed by atoms with Crippen molar-refractivity contribution >= 4 is 51.8 Å². The molecule has 1 fully saturated rings. The first-order valence-corrected chi connectivity index (χ1v) is 9.29. The van der Waals surface area contributed by atoms with Crippen molar-refractivity contribution in [3.05, 3.63) is 34.3 Å². The van der Waals surface area contributed by atoms with Crippen LogP contribution in [0.4, 0.5) is 0 Å². The first-order valence-electron chi connectivity index (χ1n) is 8.50. The van der Waals surface area contributed by atoms with Crippen molar-refractivity contribution in [3.8, 4) is 0 Å². The minimum atomic E-state index is 0. The van der Waals surface area contributed by atoms with Crippen LogP contribution in [0.25, 0.3) is 0 Å². The fourth-order valence-electron chi connectivity index (χ4n) is 2.79. The molecule has 0 saturated carbocycles. The second-order valence-corrected chi connectivity index (χ2v) is 7.37. The molecule has 1 aliphatic heterocycles. The number of hydrogen-bond acceptors (Lipinski definition) is 2. The Hall–Kier alpha value is -0.830. The molecular formula is C18H28BrIN4O. The van der Waals surface area contributed by atoms with Crippen LogP contribution in [0.3, 0.4) is 0 Å². The summed E-state index contributed by atoms with van der Waals surface area (Å²) in [7, 11) is 1.79. The number of guanidine groups is 1. The van der Waals surface area contributed by atoms with Crippen LogP contribution in [0.5, 0.6) is 0 Å². The van der Waals surface area contributed by atoms with Gasteiger partial charge in [0.25, 0.3) is 0 Å². The van der Waals surface area contributed by atoms with E-state index in [1.54, 1.807) is 7.05 Å². The van der Waals surface area contributed by atoms with Crippen LogP contribution in [-0.2, 0) is 11.3 Å². The van der Waals surface area contributed by atoms with E-state index >= 15 is 0 Å². The van der Waals surface area contributed by atoms with E-state index in [0.29, 0.717) is 6.04 Å². The van der Waals surface area contributed by atoms with Crippen molar-refractivity contribution < 1.29 is 4.79 Å². The number of benzene rings is 1. The Kier molecular flexibility index (Phi) is 9.78. The maximum atomic E-state index is 12.0. The van der Waals surface area contributed by atoms with Crippen LogP contribution >= 0.6 is 39.9 Å². The summed E-state index contributed by atoms with van der Waals surface area (Å²) >= 11 is 3.44. The lowest BCUT2D eigenvalue weighted by atomic mass is 10.0. The highest BCUT2D eigenvalue weighted by Crippen LogP contribution is 2.13. The molecule has 0 aliphatic carbocycles. The van der Waals surface area contributed by atoms with Gasteiger partial charge in [0.2, 0.25) is 5.91 Å². The molecule has 1 heterocycles. The van der Waals surface area contributed by atoms with E-state index in [1.165, 1.54) is 5.56 Å². The predicted octanol–water partition coefficient (Wildman–Crippen LogP) is 3.38. The summed E-state index contributed by atoms with van der Waals surface area (Å²) < 4.78 is 1.08. The number of carbonyl (C=O) groups excluding carboxylic acids is 1. The molecule has 2 rings (SSSR count). The molecule has 0 unspecified atom stereocenters. The van der Waals surface area contributed by atoms with Crippen LogP contribution in [0, 0.1) is 5.92 Å². The normalized spacial score (nSPS) is 15.7. The van der Waals surface area contributed by atoms with Crippen molar-refractivity contribution in [1.29, 1.82) is 0 Å². The summed E-state index contributed by atoms with van der Waals surface area (Å²) in [5.74, 6) is 1.15.